The highest BCUT2D eigenvalue weighted by atomic mass is 19.1. The van der Waals surface area contributed by atoms with Crippen LogP contribution in [-0.2, 0) is 11.3 Å². The Balaban J connectivity index is 2.16. The molecule has 0 radical (unpaired) electrons. The second-order valence-corrected chi connectivity index (χ2v) is 4.54. The van der Waals surface area contributed by atoms with Gasteiger partial charge in [0.15, 0.2) is 11.6 Å². The van der Waals surface area contributed by atoms with Crippen molar-refractivity contribution in [2.24, 2.45) is 0 Å². The van der Waals surface area contributed by atoms with E-state index in [4.69, 9.17) is 9.84 Å². The van der Waals surface area contributed by atoms with Gasteiger partial charge in [-0.25, -0.2) is 13.8 Å². The summed E-state index contributed by atoms with van der Waals surface area (Å²) in [5, 5.41) is 11.6. The van der Waals surface area contributed by atoms with E-state index < -0.39 is 23.6 Å². The van der Waals surface area contributed by atoms with E-state index >= 15 is 0 Å². The van der Waals surface area contributed by atoms with Crippen LogP contribution in [0.1, 0.15) is 12.5 Å². The van der Waals surface area contributed by atoms with Crippen molar-refractivity contribution in [1.82, 2.24) is 10.3 Å². The number of ether oxygens (including phenoxy) is 1. The van der Waals surface area contributed by atoms with Crippen molar-refractivity contribution in [1.29, 1.82) is 0 Å². The van der Waals surface area contributed by atoms with Crippen molar-refractivity contribution in [2.45, 2.75) is 19.6 Å². The Labute approximate surface area is 125 Å². The summed E-state index contributed by atoms with van der Waals surface area (Å²) >= 11 is 0. The van der Waals surface area contributed by atoms with Crippen molar-refractivity contribution in [3.63, 3.8) is 0 Å². The summed E-state index contributed by atoms with van der Waals surface area (Å²) in [6.45, 7) is 1.39. The van der Waals surface area contributed by atoms with Gasteiger partial charge in [0.25, 0.3) is 0 Å². The fraction of sp³-hybridized carbons (Fsp3) is 0.200. The first-order valence-electron chi connectivity index (χ1n) is 6.50. The van der Waals surface area contributed by atoms with E-state index in [0.717, 1.165) is 12.1 Å². The number of benzene rings is 1. The minimum Gasteiger partial charge on any atom is -0.436 e. The van der Waals surface area contributed by atoms with E-state index in [9.17, 15) is 13.6 Å². The third-order valence-corrected chi connectivity index (χ3v) is 2.78. The van der Waals surface area contributed by atoms with Crippen LogP contribution in [-0.4, -0.2) is 22.1 Å². The van der Waals surface area contributed by atoms with Gasteiger partial charge in [-0.15, -0.1) is 0 Å². The molecule has 2 N–H and O–H groups in total. The molecule has 1 amide bonds. The van der Waals surface area contributed by atoms with Gasteiger partial charge in [0.05, 0.1) is 0 Å². The van der Waals surface area contributed by atoms with Gasteiger partial charge in [-0.3, -0.25) is 4.79 Å². The van der Waals surface area contributed by atoms with Crippen molar-refractivity contribution in [2.75, 3.05) is 0 Å². The Bertz CT molecular complexity index is 678. The molecule has 1 unspecified atom stereocenters. The molecule has 22 heavy (non-hydrogen) atoms. The molecule has 0 aliphatic carbocycles. The molecule has 1 atom stereocenters. The molecule has 0 spiro atoms. The third-order valence-electron chi connectivity index (χ3n) is 2.78. The second kappa shape index (κ2) is 6.95. The molecule has 0 saturated carbocycles. The SMILES string of the molecule is CC(O)C(=O)NCc1cccnc1Oc1ccc(F)cc1F. The van der Waals surface area contributed by atoms with Gasteiger partial charge < -0.3 is 15.2 Å². The Morgan fingerprint density at radius 2 is 2.18 bits per heavy atom. The van der Waals surface area contributed by atoms with Gasteiger partial charge in [-0.1, -0.05) is 6.07 Å². The fourth-order valence-electron chi connectivity index (χ4n) is 1.64. The van der Waals surface area contributed by atoms with Crippen molar-refractivity contribution in [3.8, 4) is 11.6 Å². The van der Waals surface area contributed by atoms with E-state index in [0.29, 0.717) is 11.6 Å². The standard InChI is InChI=1S/C15H14F2N2O3/c1-9(20)14(21)19-8-10-3-2-6-18-15(10)22-13-5-4-11(16)7-12(13)17/h2-7,9,20H,8H2,1H3,(H,19,21). The van der Waals surface area contributed by atoms with E-state index in [1.807, 2.05) is 0 Å². The van der Waals surface area contributed by atoms with E-state index in [-0.39, 0.29) is 18.2 Å². The zero-order valence-electron chi connectivity index (χ0n) is 11.7. The van der Waals surface area contributed by atoms with Crippen LogP contribution in [0.3, 0.4) is 0 Å². The van der Waals surface area contributed by atoms with Gasteiger partial charge in [-0.2, -0.15) is 0 Å². The summed E-state index contributed by atoms with van der Waals surface area (Å²) in [7, 11) is 0. The first-order valence-corrected chi connectivity index (χ1v) is 6.50. The van der Waals surface area contributed by atoms with Crippen LogP contribution in [0.15, 0.2) is 36.5 Å². The van der Waals surface area contributed by atoms with Crippen molar-refractivity contribution < 1.29 is 23.4 Å². The molecule has 1 aromatic heterocycles. The topological polar surface area (TPSA) is 71.5 Å². The number of nitrogens with zero attached hydrogens (tertiary/aromatic N) is 1. The predicted molar refractivity (Wildman–Crippen MR) is 74.2 cm³/mol. The zero-order chi connectivity index (χ0) is 16.1. The smallest absolute Gasteiger partial charge is 0.248 e. The predicted octanol–water partition coefficient (Wildman–Crippen LogP) is 2.15. The highest BCUT2D eigenvalue weighted by molar-refractivity contribution is 5.79. The largest absolute Gasteiger partial charge is 0.436 e. The molecule has 2 rings (SSSR count). The first kappa shape index (κ1) is 15.8. The second-order valence-electron chi connectivity index (χ2n) is 4.54. The molecule has 116 valence electrons. The number of aromatic nitrogens is 1. The molecule has 0 aliphatic heterocycles. The summed E-state index contributed by atoms with van der Waals surface area (Å²) in [5.74, 6) is -2.22. The van der Waals surface area contributed by atoms with Crippen molar-refractivity contribution in [3.05, 3.63) is 53.7 Å². The molecule has 2 aromatic rings. The van der Waals surface area contributed by atoms with Gasteiger partial charge >= 0.3 is 0 Å². The fourth-order valence-corrected chi connectivity index (χ4v) is 1.64. The summed E-state index contributed by atoms with van der Waals surface area (Å²) in [6, 6.07) is 6.17. The molecule has 0 fully saturated rings. The Morgan fingerprint density at radius 3 is 2.86 bits per heavy atom. The van der Waals surface area contributed by atoms with Crippen LogP contribution in [0.4, 0.5) is 8.78 Å². The van der Waals surface area contributed by atoms with E-state index in [1.54, 1.807) is 12.1 Å². The number of amides is 1. The van der Waals surface area contributed by atoms with Crippen LogP contribution in [0.5, 0.6) is 11.6 Å². The van der Waals surface area contributed by atoms with Gasteiger partial charge in [-0.05, 0) is 25.1 Å². The highest BCUT2D eigenvalue weighted by Crippen LogP contribution is 2.25. The minimum absolute atomic E-state index is 0.0513. The zero-order valence-corrected chi connectivity index (χ0v) is 11.7. The van der Waals surface area contributed by atoms with Crippen molar-refractivity contribution >= 4 is 5.91 Å². The molecule has 0 bridgehead atoms. The molecule has 7 heteroatoms. The number of hydrogen-bond acceptors (Lipinski definition) is 4. The maximum absolute atomic E-state index is 13.6. The normalized spacial score (nSPS) is 11.8. The first-order chi connectivity index (χ1) is 10.5. The van der Waals surface area contributed by atoms with E-state index in [2.05, 4.69) is 10.3 Å². The molecule has 0 aliphatic rings. The number of carbonyl (C=O) groups excluding carboxylic acids is 1. The van der Waals surface area contributed by atoms with E-state index in [1.165, 1.54) is 13.1 Å². The van der Waals surface area contributed by atoms with Crippen LogP contribution in [0, 0.1) is 11.6 Å². The number of pyridine rings is 1. The summed E-state index contributed by atoms with van der Waals surface area (Å²) < 4.78 is 31.8. The number of carbonyl (C=O) groups is 1. The molecule has 1 aromatic carbocycles. The van der Waals surface area contributed by atoms with Gasteiger partial charge in [0.1, 0.15) is 11.9 Å². The Hall–Kier alpha value is -2.54. The molecule has 1 heterocycles. The maximum atomic E-state index is 13.6. The molecule has 5 nitrogen and oxygen atoms in total. The lowest BCUT2D eigenvalue weighted by Gasteiger charge is -2.12. The number of aliphatic hydroxyl groups excluding tert-OH is 1. The maximum Gasteiger partial charge on any atom is 0.248 e. The number of hydrogen-bond donors (Lipinski definition) is 2. The summed E-state index contributed by atoms with van der Waals surface area (Å²) in [6.07, 6.45) is 0.298. The van der Waals surface area contributed by atoms with Crippen LogP contribution in [0.25, 0.3) is 0 Å². The lowest BCUT2D eigenvalue weighted by molar-refractivity contribution is -0.128. The Kier molecular flexibility index (Phi) is 5.00. The lowest BCUT2D eigenvalue weighted by atomic mass is 10.2. The molecular weight excluding hydrogens is 294 g/mol. The minimum atomic E-state index is -1.14. The number of aliphatic hydroxyl groups is 1. The highest BCUT2D eigenvalue weighted by Gasteiger charge is 2.13. The van der Waals surface area contributed by atoms with Gasteiger partial charge in [0, 0.05) is 24.4 Å². The lowest BCUT2D eigenvalue weighted by Crippen LogP contribution is -2.32. The summed E-state index contributed by atoms with van der Waals surface area (Å²) in [5.41, 5.74) is 0.486. The van der Waals surface area contributed by atoms with Gasteiger partial charge in [0.2, 0.25) is 11.8 Å². The molecular formula is C15H14F2N2O3. The number of nitrogens with one attached hydrogen (secondary N) is 1. The average molecular weight is 308 g/mol. The quantitative estimate of drug-likeness (QED) is 0.888. The van der Waals surface area contributed by atoms with Crippen LogP contribution in [0.2, 0.25) is 0 Å². The average Bonchev–Trinajstić information content (AvgIpc) is 2.48. The Morgan fingerprint density at radius 1 is 1.41 bits per heavy atom. The number of halogens is 2. The monoisotopic (exact) mass is 308 g/mol. The number of rotatable bonds is 5. The summed E-state index contributed by atoms with van der Waals surface area (Å²) in [4.78, 5) is 15.3. The van der Waals surface area contributed by atoms with Crippen LogP contribution < -0.4 is 10.1 Å². The molecule has 0 saturated heterocycles. The van der Waals surface area contributed by atoms with Crippen LogP contribution >= 0.6 is 0 Å². The third kappa shape index (κ3) is 3.98.